The van der Waals surface area contributed by atoms with Crippen LogP contribution in [0.3, 0.4) is 0 Å². The van der Waals surface area contributed by atoms with Crippen LogP contribution in [0.15, 0.2) is 30.6 Å². The number of hydrogen-bond donors (Lipinski definition) is 0. The molecule has 0 saturated heterocycles. The van der Waals surface area contributed by atoms with Crippen LogP contribution in [0, 0.1) is 13.8 Å². The van der Waals surface area contributed by atoms with E-state index in [1.54, 1.807) is 10.8 Å². The Morgan fingerprint density at radius 2 is 2.04 bits per heavy atom. The third-order valence-corrected chi connectivity index (χ3v) is 6.55. The average molecular weight is 392 g/mol. The van der Waals surface area contributed by atoms with Gasteiger partial charge in [-0.1, -0.05) is 29.8 Å². The number of aryl methyl sites for hydroxylation is 2. The zero-order valence-electron chi connectivity index (χ0n) is 16.0. The highest BCUT2D eigenvalue weighted by Crippen LogP contribution is 2.53. The lowest BCUT2D eigenvalue weighted by Gasteiger charge is -1.99. The number of nitrogens with zero attached hydrogens (tertiary/aromatic N) is 4. The highest BCUT2D eigenvalue weighted by Gasteiger charge is 2.42. The molecule has 0 aliphatic heterocycles. The van der Waals surface area contributed by atoms with Crippen LogP contribution in [-0.4, -0.2) is 32.2 Å². The first kappa shape index (κ1) is 17.3. The minimum absolute atomic E-state index is 0.303. The molecule has 1 aliphatic rings. The SMILES string of the molecule is CCOC(=O)c1sc2ncn3nc([C@@H]4C[C@@H]4c4ccc(C)cc4)nc3c2c1C. The van der Waals surface area contributed by atoms with Gasteiger partial charge in [-0.15, -0.1) is 16.4 Å². The molecule has 1 fully saturated rings. The van der Waals surface area contributed by atoms with Crippen LogP contribution in [0.25, 0.3) is 15.9 Å². The van der Waals surface area contributed by atoms with Crippen LogP contribution in [0.5, 0.6) is 0 Å². The third kappa shape index (κ3) is 2.69. The Kier molecular flexibility index (Phi) is 3.94. The van der Waals surface area contributed by atoms with Gasteiger partial charge in [0.25, 0.3) is 0 Å². The average Bonchev–Trinajstić information content (AvgIpc) is 3.24. The van der Waals surface area contributed by atoms with Crippen molar-refractivity contribution in [2.75, 3.05) is 6.61 Å². The van der Waals surface area contributed by atoms with E-state index < -0.39 is 0 Å². The second-order valence-corrected chi connectivity index (χ2v) is 8.30. The normalized spacial score (nSPS) is 18.7. The Morgan fingerprint density at radius 1 is 1.25 bits per heavy atom. The van der Waals surface area contributed by atoms with E-state index in [9.17, 15) is 4.79 Å². The van der Waals surface area contributed by atoms with Crippen molar-refractivity contribution in [1.29, 1.82) is 0 Å². The molecule has 1 aliphatic carbocycles. The summed E-state index contributed by atoms with van der Waals surface area (Å²) < 4.78 is 6.91. The molecule has 7 heteroatoms. The van der Waals surface area contributed by atoms with E-state index in [4.69, 9.17) is 9.72 Å². The topological polar surface area (TPSA) is 69.4 Å². The molecule has 28 heavy (non-hydrogen) atoms. The van der Waals surface area contributed by atoms with E-state index in [0.29, 0.717) is 23.3 Å². The summed E-state index contributed by atoms with van der Waals surface area (Å²) in [7, 11) is 0. The van der Waals surface area contributed by atoms with Crippen molar-refractivity contribution in [3.05, 3.63) is 58.0 Å². The Hall–Kier alpha value is -2.80. The minimum Gasteiger partial charge on any atom is -0.462 e. The Bertz CT molecular complexity index is 1210. The lowest BCUT2D eigenvalue weighted by atomic mass is 10.1. The van der Waals surface area contributed by atoms with Crippen molar-refractivity contribution in [2.24, 2.45) is 0 Å². The molecule has 1 aromatic carbocycles. The van der Waals surface area contributed by atoms with E-state index in [-0.39, 0.29) is 5.97 Å². The van der Waals surface area contributed by atoms with Gasteiger partial charge in [0.2, 0.25) is 0 Å². The number of thiophene rings is 1. The summed E-state index contributed by atoms with van der Waals surface area (Å²) >= 11 is 1.35. The highest BCUT2D eigenvalue weighted by molar-refractivity contribution is 7.20. The molecule has 0 bridgehead atoms. The van der Waals surface area contributed by atoms with E-state index in [2.05, 4.69) is 41.3 Å². The van der Waals surface area contributed by atoms with Gasteiger partial charge in [0.05, 0.1) is 12.0 Å². The summed E-state index contributed by atoms with van der Waals surface area (Å²) in [6.45, 7) is 6.19. The number of esters is 1. The first-order valence-corrected chi connectivity index (χ1v) is 10.3. The number of hydrogen-bond acceptors (Lipinski definition) is 6. The van der Waals surface area contributed by atoms with Gasteiger partial charge in [0, 0.05) is 5.92 Å². The van der Waals surface area contributed by atoms with Crippen LogP contribution < -0.4 is 0 Å². The fraction of sp³-hybridized carbons (Fsp3) is 0.333. The molecule has 142 valence electrons. The van der Waals surface area contributed by atoms with Crippen molar-refractivity contribution < 1.29 is 9.53 Å². The van der Waals surface area contributed by atoms with Gasteiger partial charge >= 0.3 is 5.97 Å². The van der Waals surface area contributed by atoms with E-state index in [0.717, 1.165) is 33.7 Å². The lowest BCUT2D eigenvalue weighted by molar-refractivity contribution is 0.0531. The van der Waals surface area contributed by atoms with E-state index in [1.165, 1.54) is 22.5 Å². The van der Waals surface area contributed by atoms with Crippen LogP contribution in [0.4, 0.5) is 0 Å². The predicted molar refractivity (Wildman–Crippen MR) is 108 cm³/mol. The number of rotatable bonds is 4. The van der Waals surface area contributed by atoms with Crippen molar-refractivity contribution >= 4 is 33.2 Å². The van der Waals surface area contributed by atoms with Gasteiger partial charge in [-0.3, -0.25) is 0 Å². The molecule has 0 amide bonds. The highest BCUT2D eigenvalue weighted by atomic mass is 32.1. The number of ether oxygens (including phenoxy) is 1. The van der Waals surface area contributed by atoms with E-state index in [1.807, 2.05) is 13.8 Å². The minimum atomic E-state index is -0.303. The summed E-state index contributed by atoms with van der Waals surface area (Å²) in [5.41, 5.74) is 4.24. The maximum atomic E-state index is 12.2. The fourth-order valence-electron chi connectivity index (χ4n) is 3.76. The zero-order valence-corrected chi connectivity index (χ0v) is 16.8. The molecular weight excluding hydrogens is 372 g/mol. The van der Waals surface area contributed by atoms with Crippen molar-refractivity contribution in [2.45, 2.75) is 39.0 Å². The van der Waals surface area contributed by atoms with Crippen molar-refractivity contribution in [3.8, 4) is 0 Å². The Labute approximate surface area is 166 Å². The lowest BCUT2D eigenvalue weighted by Crippen LogP contribution is -2.03. The van der Waals surface area contributed by atoms with Gasteiger partial charge < -0.3 is 4.74 Å². The van der Waals surface area contributed by atoms with Gasteiger partial charge in [-0.25, -0.2) is 19.3 Å². The maximum Gasteiger partial charge on any atom is 0.348 e. The number of aromatic nitrogens is 4. The molecule has 0 spiro atoms. The molecule has 0 radical (unpaired) electrons. The molecule has 6 nitrogen and oxygen atoms in total. The van der Waals surface area contributed by atoms with Crippen LogP contribution in [0.1, 0.15) is 57.4 Å². The first-order chi connectivity index (χ1) is 13.6. The fourth-order valence-corrected chi connectivity index (χ4v) is 4.80. The van der Waals surface area contributed by atoms with Gasteiger partial charge in [-0.05, 0) is 44.2 Å². The van der Waals surface area contributed by atoms with Crippen LogP contribution >= 0.6 is 11.3 Å². The standard InChI is InChI=1S/C21H20N4O2S/c1-4-27-21(26)17-12(3)16-19-23-18(24-25(19)10-22-20(16)28-17)15-9-14(15)13-7-5-11(2)6-8-13/h5-8,10,14-15H,4,9H2,1-3H3/t14-,15-/m1/s1. The summed E-state index contributed by atoms with van der Waals surface area (Å²) in [5.74, 6) is 1.35. The largest absolute Gasteiger partial charge is 0.462 e. The van der Waals surface area contributed by atoms with Crippen LogP contribution in [-0.2, 0) is 4.74 Å². The van der Waals surface area contributed by atoms with Gasteiger partial charge in [-0.2, -0.15) is 0 Å². The first-order valence-electron chi connectivity index (χ1n) is 9.45. The van der Waals surface area contributed by atoms with Crippen LogP contribution in [0.2, 0.25) is 0 Å². The van der Waals surface area contributed by atoms with Crippen molar-refractivity contribution in [3.63, 3.8) is 0 Å². The van der Waals surface area contributed by atoms with E-state index >= 15 is 0 Å². The van der Waals surface area contributed by atoms with Gasteiger partial charge in [0.1, 0.15) is 16.0 Å². The van der Waals surface area contributed by atoms with Gasteiger partial charge in [0.15, 0.2) is 11.5 Å². The molecule has 1 saturated carbocycles. The monoisotopic (exact) mass is 392 g/mol. The summed E-state index contributed by atoms with van der Waals surface area (Å²) in [5, 5.41) is 5.57. The molecule has 2 atom stereocenters. The summed E-state index contributed by atoms with van der Waals surface area (Å²) in [6.07, 6.45) is 2.75. The number of carbonyl (C=O) groups excluding carboxylic acids is 1. The number of fused-ring (bicyclic) bond motifs is 3. The maximum absolute atomic E-state index is 12.2. The second-order valence-electron chi connectivity index (χ2n) is 7.30. The quantitative estimate of drug-likeness (QED) is 0.481. The molecule has 3 heterocycles. The van der Waals surface area contributed by atoms with Crippen molar-refractivity contribution in [1.82, 2.24) is 19.6 Å². The molecule has 5 rings (SSSR count). The molecule has 4 aromatic rings. The zero-order chi connectivity index (χ0) is 19.4. The summed E-state index contributed by atoms with van der Waals surface area (Å²) in [4.78, 5) is 22.9. The molecular formula is C21H20N4O2S. The smallest absolute Gasteiger partial charge is 0.348 e. The summed E-state index contributed by atoms with van der Waals surface area (Å²) in [6, 6.07) is 8.70. The number of carbonyl (C=O) groups is 1. The number of benzene rings is 1. The predicted octanol–water partition coefficient (Wildman–Crippen LogP) is 4.40. The molecule has 0 unspecified atom stereocenters. The molecule has 0 N–H and O–H groups in total. The third-order valence-electron chi connectivity index (χ3n) is 5.37. The Balaban J connectivity index is 1.53. The molecule has 3 aromatic heterocycles. The second kappa shape index (κ2) is 6.38. The Morgan fingerprint density at radius 3 is 2.79 bits per heavy atom.